The lowest BCUT2D eigenvalue weighted by molar-refractivity contribution is -0.150. The monoisotopic (exact) mass is 401 g/mol. The van der Waals surface area contributed by atoms with Crippen molar-refractivity contribution in [2.45, 2.75) is 13.2 Å². The Morgan fingerprint density at radius 1 is 0.900 bits per heavy atom. The molecule has 0 aliphatic heterocycles. The third kappa shape index (κ3) is 4.52. The van der Waals surface area contributed by atoms with Gasteiger partial charge in [-0.3, -0.25) is 4.79 Å². The Kier molecular flexibility index (Phi) is 5.80. The Hall–Kier alpha value is -4.00. The first-order chi connectivity index (χ1) is 14.7. The fraction of sp³-hybridized carbons (Fsp3) is 0.130. The number of fused-ring (bicyclic) bond motifs is 1. The number of para-hydroxylation sites is 1. The lowest BCUT2D eigenvalue weighted by atomic mass is 10.0. The average Bonchev–Trinajstić information content (AvgIpc) is 2.79. The second-order valence-electron chi connectivity index (χ2n) is 6.62. The van der Waals surface area contributed by atoms with E-state index in [9.17, 15) is 9.59 Å². The number of esters is 1. The van der Waals surface area contributed by atoms with Gasteiger partial charge in [-0.05, 0) is 29.3 Å². The molecular weight excluding hydrogens is 382 g/mol. The summed E-state index contributed by atoms with van der Waals surface area (Å²) in [5, 5.41) is 8.16. The van der Waals surface area contributed by atoms with Crippen LogP contribution in [0.25, 0.3) is 10.9 Å². The summed E-state index contributed by atoms with van der Waals surface area (Å²) in [5.41, 5.74) is 2.23. The maximum absolute atomic E-state index is 12.4. The molecule has 0 unspecified atom stereocenters. The van der Waals surface area contributed by atoms with E-state index in [1.807, 2.05) is 54.6 Å². The second kappa shape index (κ2) is 9.00. The lowest BCUT2D eigenvalue weighted by Gasteiger charge is -2.11. The summed E-state index contributed by atoms with van der Waals surface area (Å²) in [6, 6.07) is 24.4. The van der Waals surface area contributed by atoms with Crippen LogP contribution in [0.2, 0.25) is 0 Å². The van der Waals surface area contributed by atoms with Crippen LogP contribution >= 0.6 is 0 Å². The molecule has 0 saturated carbocycles. The fourth-order valence-corrected chi connectivity index (χ4v) is 3.03. The zero-order valence-electron chi connectivity index (χ0n) is 16.1. The van der Waals surface area contributed by atoms with E-state index < -0.39 is 5.97 Å². The topological polar surface area (TPSA) is 83.3 Å². The minimum atomic E-state index is -0.605. The van der Waals surface area contributed by atoms with Crippen molar-refractivity contribution in [3.63, 3.8) is 0 Å². The van der Waals surface area contributed by atoms with Gasteiger partial charge in [-0.25, -0.2) is 4.79 Å². The molecule has 1 aromatic heterocycles. The molecule has 0 saturated heterocycles. The highest BCUT2D eigenvalue weighted by Gasteiger charge is 2.10. The molecule has 0 spiro atoms. The normalized spacial score (nSPS) is 10.7. The molecule has 30 heavy (non-hydrogen) atoms. The Morgan fingerprint density at radius 2 is 1.63 bits per heavy atom. The van der Waals surface area contributed by atoms with E-state index in [1.54, 1.807) is 24.3 Å². The first-order valence-corrected chi connectivity index (χ1v) is 9.43. The smallest absolute Gasteiger partial charge is 0.345 e. The summed E-state index contributed by atoms with van der Waals surface area (Å²) in [4.78, 5) is 24.5. The van der Waals surface area contributed by atoms with Gasteiger partial charge in [0, 0.05) is 6.42 Å². The zero-order chi connectivity index (χ0) is 20.8. The van der Waals surface area contributed by atoms with Gasteiger partial charge in [-0.2, -0.15) is 4.68 Å². The SMILES string of the molecule is O=C(COc1ccccc1Cc1ccccc1)OCn1nnc2ccccc2c1=O. The molecule has 0 aliphatic carbocycles. The molecule has 0 aliphatic rings. The maximum Gasteiger partial charge on any atom is 0.345 e. The van der Waals surface area contributed by atoms with Crippen LogP contribution in [0.4, 0.5) is 0 Å². The van der Waals surface area contributed by atoms with E-state index in [0.29, 0.717) is 23.1 Å². The molecule has 4 aromatic rings. The zero-order valence-corrected chi connectivity index (χ0v) is 16.1. The van der Waals surface area contributed by atoms with Gasteiger partial charge in [0.2, 0.25) is 0 Å². The summed E-state index contributed by atoms with van der Waals surface area (Å²) in [6.07, 6.45) is 0.689. The number of carbonyl (C=O) groups is 1. The number of rotatable bonds is 7. The van der Waals surface area contributed by atoms with Crippen molar-refractivity contribution in [1.29, 1.82) is 0 Å². The van der Waals surface area contributed by atoms with Gasteiger partial charge in [0.15, 0.2) is 13.3 Å². The van der Waals surface area contributed by atoms with Crippen molar-refractivity contribution in [3.8, 4) is 5.75 Å². The van der Waals surface area contributed by atoms with Crippen LogP contribution in [0.5, 0.6) is 5.75 Å². The molecule has 0 fully saturated rings. The van der Waals surface area contributed by atoms with Crippen LogP contribution in [0.15, 0.2) is 83.7 Å². The minimum Gasteiger partial charge on any atom is -0.482 e. The molecule has 1 heterocycles. The van der Waals surface area contributed by atoms with E-state index in [4.69, 9.17) is 9.47 Å². The summed E-state index contributed by atoms with van der Waals surface area (Å²) in [6.45, 7) is -0.605. The lowest BCUT2D eigenvalue weighted by Crippen LogP contribution is -2.27. The van der Waals surface area contributed by atoms with Crippen LogP contribution in [0, 0.1) is 0 Å². The maximum atomic E-state index is 12.4. The summed E-state index contributed by atoms with van der Waals surface area (Å²) in [5.74, 6) is 0.00680. The Labute approximate surface area is 172 Å². The standard InChI is InChI=1S/C23H19N3O4/c27-22(30-16-26-23(28)19-11-5-6-12-20(19)24-25-26)15-29-21-13-7-4-10-18(21)14-17-8-2-1-3-9-17/h1-13H,14-16H2. The average molecular weight is 401 g/mol. The quantitative estimate of drug-likeness (QED) is 0.443. The Morgan fingerprint density at radius 3 is 2.50 bits per heavy atom. The highest BCUT2D eigenvalue weighted by molar-refractivity contribution is 5.76. The van der Waals surface area contributed by atoms with Crippen LogP contribution < -0.4 is 10.3 Å². The van der Waals surface area contributed by atoms with Gasteiger partial charge >= 0.3 is 5.97 Å². The molecule has 0 atom stereocenters. The highest BCUT2D eigenvalue weighted by atomic mass is 16.6. The largest absolute Gasteiger partial charge is 0.482 e. The number of hydrogen-bond acceptors (Lipinski definition) is 6. The van der Waals surface area contributed by atoms with Crippen LogP contribution in [0.1, 0.15) is 11.1 Å². The van der Waals surface area contributed by atoms with Gasteiger partial charge in [-0.15, -0.1) is 5.10 Å². The minimum absolute atomic E-state index is 0.276. The van der Waals surface area contributed by atoms with E-state index in [-0.39, 0.29) is 18.9 Å². The van der Waals surface area contributed by atoms with Crippen molar-refractivity contribution < 1.29 is 14.3 Å². The molecule has 0 N–H and O–H groups in total. The molecular formula is C23H19N3O4. The number of hydrogen-bond donors (Lipinski definition) is 0. The van der Waals surface area contributed by atoms with Crippen LogP contribution in [0.3, 0.4) is 0 Å². The van der Waals surface area contributed by atoms with Crippen molar-refractivity contribution in [3.05, 3.63) is 100 Å². The number of ether oxygens (including phenoxy) is 2. The fourth-order valence-electron chi connectivity index (χ4n) is 3.03. The summed E-state index contributed by atoms with van der Waals surface area (Å²) < 4.78 is 11.8. The third-order valence-electron chi connectivity index (χ3n) is 4.53. The number of nitrogens with zero attached hydrogens (tertiary/aromatic N) is 3. The Balaban J connectivity index is 1.37. The molecule has 4 rings (SSSR count). The van der Waals surface area contributed by atoms with Crippen molar-refractivity contribution in [2.24, 2.45) is 0 Å². The highest BCUT2D eigenvalue weighted by Crippen LogP contribution is 2.21. The van der Waals surface area contributed by atoms with Crippen molar-refractivity contribution >= 4 is 16.9 Å². The van der Waals surface area contributed by atoms with E-state index in [2.05, 4.69) is 10.3 Å². The van der Waals surface area contributed by atoms with Gasteiger partial charge in [-0.1, -0.05) is 65.9 Å². The van der Waals surface area contributed by atoms with Crippen molar-refractivity contribution in [2.75, 3.05) is 6.61 Å². The molecule has 150 valence electrons. The predicted molar refractivity (Wildman–Crippen MR) is 111 cm³/mol. The molecule has 3 aromatic carbocycles. The Bertz CT molecular complexity index is 1220. The third-order valence-corrected chi connectivity index (χ3v) is 4.53. The van der Waals surface area contributed by atoms with Gasteiger partial charge < -0.3 is 9.47 Å². The predicted octanol–water partition coefficient (Wildman–Crippen LogP) is 2.96. The molecule has 0 amide bonds. The first kappa shape index (κ1) is 19.3. The van der Waals surface area contributed by atoms with Gasteiger partial charge in [0.05, 0.1) is 5.39 Å². The van der Waals surface area contributed by atoms with Gasteiger partial charge in [0.25, 0.3) is 5.56 Å². The van der Waals surface area contributed by atoms with E-state index in [1.165, 1.54) is 0 Å². The second-order valence-corrected chi connectivity index (χ2v) is 6.62. The van der Waals surface area contributed by atoms with Crippen LogP contribution in [-0.2, 0) is 22.7 Å². The summed E-state index contributed by atoms with van der Waals surface area (Å²) >= 11 is 0. The summed E-state index contributed by atoms with van der Waals surface area (Å²) in [7, 11) is 0. The first-order valence-electron chi connectivity index (χ1n) is 9.43. The molecule has 0 bridgehead atoms. The van der Waals surface area contributed by atoms with E-state index in [0.717, 1.165) is 15.8 Å². The number of carbonyl (C=O) groups excluding carboxylic acids is 1. The molecule has 7 nitrogen and oxygen atoms in total. The number of benzene rings is 3. The molecule has 7 heteroatoms. The van der Waals surface area contributed by atoms with E-state index >= 15 is 0 Å². The molecule has 0 radical (unpaired) electrons. The van der Waals surface area contributed by atoms with Crippen LogP contribution in [-0.4, -0.2) is 27.6 Å². The van der Waals surface area contributed by atoms with Gasteiger partial charge in [0.1, 0.15) is 11.3 Å². The van der Waals surface area contributed by atoms with Crippen molar-refractivity contribution in [1.82, 2.24) is 15.0 Å². The number of aromatic nitrogens is 3.